The minimum Gasteiger partial charge on any atom is -0.384 e. The van der Waals surface area contributed by atoms with Crippen molar-refractivity contribution in [2.75, 3.05) is 6.54 Å². The van der Waals surface area contributed by atoms with Crippen molar-refractivity contribution in [1.29, 1.82) is 0 Å². The summed E-state index contributed by atoms with van der Waals surface area (Å²) < 4.78 is 0. The van der Waals surface area contributed by atoms with E-state index >= 15 is 0 Å². The average Bonchev–Trinajstić information content (AvgIpc) is 2.03. The molecule has 1 aromatic heterocycles. The molecule has 0 amide bonds. The Kier molecular flexibility index (Phi) is 3.14. The minimum atomic E-state index is -1.21. The van der Waals surface area contributed by atoms with Crippen molar-refractivity contribution in [3.8, 4) is 0 Å². The van der Waals surface area contributed by atoms with Crippen molar-refractivity contribution < 1.29 is 5.11 Å². The SMILES string of the molecule is CC(O)(CN)c1c(Cl)cncc1Cl. The number of pyridine rings is 1. The summed E-state index contributed by atoms with van der Waals surface area (Å²) in [4.78, 5) is 3.78. The molecule has 0 radical (unpaired) electrons. The minimum absolute atomic E-state index is 0.0520. The molecule has 0 spiro atoms. The molecule has 1 unspecified atom stereocenters. The van der Waals surface area contributed by atoms with E-state index in [1.165, 1.54) is 12.4 Å². The van der Waals surface area contributed by atoms with Crippen molar-refractivity contribution >= 4 is 23.2 Å². The number of hydrogen-bond donors (Lipinski definition) is 2. The van der Waals surface area contributed by atoms with Crippen LogP contribution in [-0.4, -0.2) is 16.6 Å². The van der Waals surface area contributed by atoms with E-state index in [0.717, 1.165) is 0 Å². The molecule has 72 valence electrons. The van der Waals surface area contributed by atoms with Crippen LogP contribution in [0.15, 0.2) is 12.4 Å². The fourth-order valence-electron chi connectivity index (χ4n) is 1.03. The maximum atomic E-state index is 9.83. The Morgan fingerprint density at radius 2 is 1.92 bits per heavy atom. The molecule has 5 heteroatoms. The molecule has 1 aromatic rings. The van der Waals surface area contributed by atoms with Crippen LogP contribution in [0.4, 0.5) is 0 Å². The molecule has 1 heterocycles. The normalized spacial score (nSPS) is 15.5. The fraction of sp³-hybridized carbons (Fsp3) is 0.375. The molecule has 0 bridgehead atoms. The average molecular weight is 221 g/mol. The van der Waals surface area contributed by atoms with Gasteiger partial charge in [0.1, 0.15) is 5.60 Å². The van der Waals surface area contributed by atoms with Gasteiger partial charge in [0.05, 0.1) is 10.0 Å². The van der Waals surface area contributed by atoms with E-state index in [2.05, 4.69) is 4.98 Å². The van der Waals surface area contributed by atoms with Crippen molar-refractivity contribution in [3.63, 3.8) is 0 Å². The molecule has 0 fully saturated rings. The molecule has 1 rings (SSSR count). The van der Waals surface area contributed by atoms with Gasteiger partial charge in [-0.25, -0.2) is 0 Å². The van der Waals surface area contributed by atoms with Gasteiger partial charge in [-0.2, -0.15) is 0 Å². The Labute approximate surface area is 86.5 Å². The van der Waals surface area contributed by atoms with Gasteiger partial charge in [0.2, 0.25) is 0 Å². The third kappa shape index (κ3) is 2.11. The van der Waals surface area contributed by atoms with Crippen molar-refractivity contribution in [1.82, 2.24) is 4.98 Å². The van der Waals surface area contributed by atoms with E-state index in [1.54, 1.807) is 6.92 Å². The largest absolute Gasteiger partial charge is 0.384 e. The highest BCUT2D eigenvalue weighted by molar-refractivity contribution is 6.35. The number of aromatic nitrogens is 1. The van der Waals surface area contributed by atoms with Crippen LogP contribution in [0.25, 0.3) is 0 Å². The summed E-state index contributed by atoms with van der Waals surface area (Å²) in [5.74, 6) is 0. The summed E-state index contributed by atoms with van der Waals surface area (Å²) in [7, 11) is 0. The van der Waals surface area contributed by atoms with E-state index in [9.17, 15) is 5.11 Å². The molecule has 0 aliphatic carbocycles. The molecular formula is C8H10Cl2N2O. The summed E-state index contributed by atoms with van der Waals surface area (Å²) >= 11 is 11.7. The third-order valence-electron chi connectivity index (χ3n) is 1.79. The van der Waals surface area contributed by atoms with Gasteiger partial charge in [-0.3, -0.25) is 4.98 Å². The van der Waals surface area contributed by atoms with E-state index in [0.29, 0.717) is 15.6 Å². The number of rotatable bonds is 2. The summed E-state index contributed by atoms with van der Waals surface area (Å²) in [5, 5.41) is 10.5. The molecule has 13 heavy (non-hydrogen) atoms. The second-order valence-electron chi connectivity index (χ2n) is 2.96. The fourth-order valence-corrected chi connectivity index (χ4v) is 1.80. The molecule has 0 saturated carbocycles. The van der Waals surface area contributed by atoms with Gasteiger partial charge < -0.3 is 10.8 Å². The molecule has 3 nitrogen and oxygen atoms in total. The van der Waals surface area contributed by atoms with Gasteiger partial charge >= 0.3 is 0 Å². The van der Waals surface area contributed by atoms with Crippen molar-refractivity contribution in [2.24, 2.45) is 5.73 Å². The van der Waals surface area contributed by atoms with Gasteiger partial charge in [-0.05, 0) is 6.92 Å². The molecule has 1 atom stereocenters. The summed E-state index contributed by atoms with van der Waals surface area (Å²) in [6.07, 6.45) is 2.85. The van der Waals surface area contributed by atoms with Gasteiger partial charge in [-0.15, -0.1) is 0 Å². The maximum Gasteiger partial charge on any atom is 0.102 e. The molecule has 3 N–H and O–H groups in total. The van der Waals surface area contributed by atoms with Crippen LogP contribution >= 0.6 is 23.2 Å². The van der Waals surface area contributed by atoms with Crippen LogP contribution in [0, 0.1) is 0 Å². The van der Waals surface area contributed by atoms with Crippen LogP contribution in [0.1, 0.15) is 12.5 Å². The van der Waals surface area contributed by atoms with Crippen LogP contribution in [0.2, 0.25) is 10.0 Å². The number of aliphatic hydroxyl groups is 1. The zero-order valence-corrected chi connectivity index (χ0v) is 8.60. The standard InChI is InChI=1S/C8H10Cl2N2O/c1-8(13,4-11)7-5(9)2-12-3-6(7)10/h2-3,13H,4,11H2,1H3. The lowest BCUT2D eigenvalue weighted by Gasteiger charge is -2.23. The zero-order valence-electron chi connectivity index (χ0n) is 7.09. The first-order valence-corrected chi connectivity index (χ1v) is 4.46. The Balaban J connectivity index is 3.28. The molecule has 0 aliphatic rings. The molecule has 0 aromatic carbocycles. The number of nitrogens with two attached hydrogens (primary N) is 1. The van der Waals surface area contributed by atoms with Crippen LogP contribution in [0.3, 0.4) is 0 Å². The lowest BCUT2D eigenvalue weighted by atomic mass is 9.97. The monoisotopic (exact) mass is 220 g/mol. The van der Waals surface area contributed by atoms with E-state index in [1.807, 2.05) is 0 Å². The first-order valence-electron chi connectivity index (χ1n) is 3.71. The maximum absolute atomic E-state index is 9.83. The van der Waals surface area contributed by atoms with Gasteiger partial charge in [0, 0.05) is 24.5 Å². The molecule has 0 saturated heterocycles. The summed E-state index contributed by atoms with van der Waals surface area (Å²) in [6.45, 7) is 1.61. The van der Waals surface area contributed by atoms with Crippen LogP contribution in [-0.2, 0) is 5.60 Å². The third-order valence-corrected chi connectivity index (χ3v) is 2.36. The van der Waals surface area contributed by atoms with Crippen molar-refractivity contribution in [3.05, 3.63) is 28.0 Å². The first-order chi connectivity index (χ1) is 5.99. The van der Waals surface area contributed by atoms with Gasteiger partial charge in [0.15, 0.2) is 0 Å². The van der Waals surface area contributed by atoms with Gasteiger partial charge in [-0.1, -0.05) is 23.2 Å². The Hall–Kier alpha value is -0.350. The lowest BCUT2D eigenvalue weighted by Crippen LogP contribution is -2.32. The second-order valence-corrected chi connectivity index (χ2v) is 3.77. The Morgan fingerprint density at radius 3 is 2.31 bits per heavy atom. The highest BCUT2D eigenvalue weighted by atomic mass is 35.5. The van der Waals surface area contributed by atoms with Gasteiger partial charge in [0.25, 0.3) is 0 Å². The number of hydrogen-bond acceptors (Lipinski definition) is 3. The second kappa shape index (κ2) is 3.80. The number of halogens is 2. The summed E-state index contributed by atoms with van der Waals surface area (Å²) in [6, 6.07) is 0. The van der Waals surface area contributed by atoms with E-state index < -0.39 is 5.60 Å². The first kappa shape index (κ1) is 10.7. The van der Waals surface area contributed by atoms with Crippen LogP contribution in [0.5, 0.6) is 0 Å². The topological polar surface area (TPSA) is 59.1 Å². The lowest BCUT2D eigenvalue weighted by molar-refractivity contribution is 0.0670. The molecule has 0 aliphatic heterocycles. The highest BCUT2D eigenvalue weighted by Gasteiger charge is 2.26. The highest BCUT2D eigenvalue weighted by Crippen LogP contribution is 2.32. The molecular weight excluding hydrogens is 211 g/mol. The summed E-state index contributed by atoms with van der Waals surface area (Å²) in [5.41, 5.74) is 4.60. The Bertz CT molecular complexity index is 295. The van der Waals surface area contributed by atoms with E-state index in [-0.39, 0.29) is 6.54 Å². The van der Waals surface area contributed by atoms with Crippen LogP contribution < -0.4 is 5.73 Å². The smallest absolute Gasteiger partial charge is 0.102 e. The Morgan fingerprint density at radius 1 is 1.46 bits per heavy atom. The quantitative estimate of drug-likeness (QED) is 0.796. The van der Waals surface area contributed by atoms with E-state index in [4.69, 9.17) is 28.9 Å². The van der Waals surface area contributed by atoms with Crippen molar-refractivity contribution in [2.45, 2.75) is 12.5 Å². The predicted molar refractivity (Wildman–Crippen MR) is 52.9 cm³/mol. The predicted octanol–water partition coefficient (Wildman–Crippen LogP) is 1.55. The number of nitrogens with zero attached hydrogens (tertiary/aromatic N) is 1. The zero-order chi connectivity index (χ0) is 10.1.